The van der Waals surface area contributed by atoms with Crippen LogP contribution in [-0.2, 0) is 0 Å². The molecule has 0 amide bonds. The zero-order valence-electron chi connectivity index (χ0n) is 21.4. The zero-order valence-corrected chi connectivity index (χ0v) is 22.2. The molecule has 0 bridgehead atoms. The van der Waals surface area contributed by atoms with Crippen LogP contribution in [0.2, 0.25) is 0 Å². The van der Waals surface area contributed by atoms with Crippen LogP contribution >= 0.6 is 11.3 Å². The minimum Gasteiger partial charge on any atom is -0.354 e. The van der Waals surface area contributed by atoms with E-state index in [0.717, 1.165) is 23.0 Å². The molecule has 0 spiro atoms. The van der Waals surface area contributed by atoms with E-state index in [9.17, 15) is 0 Å². The van der Waals surface area contributed by atoms with Crippen LogP contribution in [0.3, 0.4) is 0 Å². The second-order valence-electron chi connectivity index (χ2n) is 7.95. The molecule has 0 saturated carbocycles. The summed E-state index contributed by atoms with van der Waals surface area (Å²) in [5.74, 6) is 0. The number of aromatic nitrogens is 1. The number of rotatable bonds is 5. The molecule has 35 heavy (non-hydrogen) atoms. The van der Waals surface area contributed by atoms with E-state index in [-0.39, 0.29) is 0 Å². The number of hydrogen-bond acceptors (Lipinski definition) is 1. The van der Waals surface area contributed by atoms with Crippen molar-refractivity contribution >= 4 is 71.5 Å². The minimum atomic E-state index is 1.04. The number of fused-ring (bicyclic) bond motifs is 7. The summed E-state index contributed by atoms with van der Waals surface area (Å²) in [6.07, 6.45) is 12.7. The number of hydrogen-bond donors (Lipinski definition) is 1. The summed E-state index contributed by atoms with van der Waals surface area (Å²) < 4.78 is 2.61. The van der Waals surface area contributed by atoms with Crippen molar-refractivity contribution in [3.05, 3.63) is 103 Å². The average Bonchev–Trinajstić information content (AvgIpc) is 3.45. The molecule has 0 aliphatic rings. The molecule has 2 aromatic heterocycles. The Morgan fingerprint density at radius 2 is 1.57 bits per heavy atom. The zero-order chi connectivity index (χ0) is 25.5. The molecular formula is C33H35NS. The van der Waals surface area contributed by atoms with Crippen molar-refractivity contribution in [2.75, 3.05) is 0 Å². The fourth-order valence-electron chi connectivity index (χ4n) is 4.40. The van der Waals surface area contributed by atoms with Gasteiger partial charge in [-0.1, -0.05) is 102 Å². The van der Waals surface area contributed by atoms with Crippen LogP contribution in [-0.4, -0.2) is 4.98 Å². The molecule has 2 heteroatoms. The van der Waals surface area contributed by atoms with Gasteiger partial charge in [0.1, 0.15) is 0 Å². The molecule has 0 fully saturated rings. The Morgan fingerprint density at radius 3 is 2.20 bits per heavy atom. The molecular weight excluding hydrogens is 442 g/mol. The number of H-pyrrole nitrogens is 1. The lowest BCUT2D eigenvalue weighted by atomic mass is 9.96. The van der Waals surface area contributed by atoms with Crippen molar-refractivity contribution in [1.82, 2.24) is 4.98 Å². The van der Waals surface area contributed by atoms with E-state index in [4.69, 9.17) is 0 Å². The standard InChI is InChI=1S/C27H23NS.C4H6.C2H6/c1-5-8-11-17-15-21-23(14-16(17)4)29-27-19(7-3)18(6-2)26-24(25(21)27)20-12-9-10-13-22(20)28-26;1-3-4-2;1-2/h6-15,28H,2-3,5H2,1,4H3;3-4H,1-2H2;1-2H3/b11-8-;;. The van der Waals surface area contributed by atoms with Crippen molar-refractivity contribution in [3.63, 3.8) is 0 Å². The smallest absolute Gasteiger partial charge is 0.0551 e. The Bertz CT molecular complexity index is 1560. The lowest BCUT2D eigenvalue weighted by molar-refractivity contribution is 1.23. The van der Waals surface area contributed by atoms with Crippen LogP contribution in [0.5, 0.6) is 0 Å². The minimum absolute atomic E-state index is 1.04. The SMILES string of the molecule is C=CC=C.C=Cc1c(C=C)c2sc3cc(C)c(/C=C\CC)cc3c2c2c1[nH]c1ccccc12.CC. The maximum absolute atomic E-state index is 4.13. The van der Waals surface area contributed by atoms with Gasteiger partial charge >= 0.3 is 0 Å². The normalized spacial score (nSPS) is 10.7. The van der Waals surface area contributed by atoms with Gasteiger partial charge in [0, 0.05) is 47.6 Å². The lowest BCUT2D eigenvalue weighted by Gasteiger charge is -2.07. The van der Waals surface area contributed by atoms with Crippen LogP contribution < -0.4 is 0 Å². The van der Waals surface area contributed by atoms with E-state index in [1.54, 1.807) is 12.2 Å². The number of para-hydroxylation sites is 1. The summed E-state index contributed by atoms with van der Waals surface area (Å²) in [4.78, 5) is 3.65. The second-order valence-corrected chi connectivity index (χ2v) is 9.00. The van der Waals surface area contributed by atoms with Crippen LogP contribution in [0, 0.1) is 6.92 Å². The summed E-state index contributed by atoms with van der Waals surface area (Å²) in [6, 6.07) is 13.2. The second kappa shape index (κ2) is 11.7. The summed E-state index contributed by atoms with van der Waals surface area (Å²) in [6.45, 7) is 23.3. The van der Waals surface area contributed by atoms with Gasteiger partial charge in [-0.25, -0.2) is 0 Å². The molecule has 0 radical (unpaired) electrons. The fourth-order valence-corrected chi connectivity index (χ4v) is 5.74. The van der Waals surface area contributed by atoms with Crippen molar-refractivity contribution < 1.29 is 0 Å². The molecule has 5 rings (SSSR count). The molecule has 5 aromatic rings. The molecule has 178 valence electrons. The number of thiophene rings is 1. The third kappa shape index (κ3) is 4.67. The van der Waals surface area contributed by atoms with Gasteiger partial charge in [0.05, 0.1) is 5.52 Å². The predicted molar refractivity (Wildman–Crippen MR) is 165 cm³/mol. The number of benzene rings is 3. The van der Waals surface area contributed by atoms with Crippen LogP contribution in [0.1, 0.15) is 49.4 Å². The van der Waals surface area contributed by atoms with Gasteiger partial charge in [-0.05, 0) is 42.7 Å². The molecule has 0 aliphatic heterocycles. The Morgan fingerprint density at radius 1 is 0.886 bits per heavy atom. The Balaban J connectivity index is 0.000000521. The van der Waals surface area contributed by atoms with E-state index in [0.29, 0.717) is 0 Å². The van der Waals surface area contributed by atoms with Gasteiger partial charge in [0.2, 0.25) is 0 Å². The van der Waals surface area contributed by atoms with Gasteiger partial charge in [0.15, 0.2) is 0 Å². The molecule has 0 saturated heterocycles. The van der Waals surface area contributed by atoms with Gasteiger partial charge < -0.3 is 4.98 Å². The van der Waals surface area contributed by atoms with Gasteiger partial charge in [-0.15, -0.1) is 11.3 Å². The van der Waals surface area contributed by atoms with E-state index in [1.165, 1.54) is 47.6 Å². The van der Waals surface area contributed by atoms with Gasteiger partial charge in [-0.3, -0.25) is 0 Å². The first-order valence-corrected chi connectivity index (χ1v) is 13.0. The van der Waals surface area contributed by atoms with Crippen molar-refractivity contribution in [2.45, 2.75) is 34.1 Å². The third-order valence-electron chi connectivity index (χ3n) is 5.94. The highest BCUT2D eigenvalue weighted by atomic mass is 32.1. The van der Waals surface area contributed by atoms with Crippen molar-refractivity contribution in [1.29, 1.82) is 0 Å². The largest absolute Gasteiger partial charge is 0.354 e. The molecule has 0 unspecified atom stereocenters. The lowest BCUT2D eigenvalue weighted by Crippen LogP contribution is -1.85. The molecule has 1 N–H and O–H groups in total. The van der Waals surface area contributed by atoms with E-state index < -0.39 is 0 Å². The van der Waals surface area contributed by atoms with Crippen molar-refractivity contribution in [2.24, 2.45) is 0 Å². The molecule has 1 nitrogen and oxygen atoms in total. The highest BCUT2D eigenvalue weighted by Crippen LogP contribution is 2.46. The number of aryl methyl sites for hydroxylation is 1. The number of nitrogens with one attached hydrogen (secondary N) is 1. The van der Waals surface area contributed by atoms with E-state index in [2.05, 4.69) is 93.7 Å². The summed E-state index contributed by atoms with van der Waals surface area (Å²) in [7, 11) is 0. The summed E-state index contributed by atoms with van der Waals surface area (Å²) >= 11 is 1.86. The Hall–Kier alpha value is -3.62. The van der Waals surface area contributed by atoms with Gasteiger partial charge in [-0.2, -0.15) is 0 Å². The van der Waals surface area contributed by atoms with E-state index in [1.807, 2.05) is 37.3 Å². The summed E-state index contributed by atoms with van der Waals surface area (Å²) in [5.41, 5.74) is 7.21. The average molecular weight is 478 g/mol. The molecule has 0 aliphatic carbocycles. The first-order chi connectivity index (χ1) is 17.1. The predicted octanol–water partition coefficient (Wildman–Crippen LogP) is 11.1. The van der Waals surface area contributed by atoms with Crippen LogP contribution in [0.25, 0.3) is 60.2 Å². The Kier molecular flexibility index (Phi) is 8.68. The van der Waals surface area contributed by atoms with Crippen LogP contribution in [0.4, 0.5) is 0 Å². The quantitative estimate of drug-likeness (QED) is 0.242. The van der Waals surface area contributed by atoms with Gasteiger partial charge in [0.25, 0.3) is 0 Å². The van der Waals surface area contributed by atoms with Crippen molar-refractivity contribution in [3.8, 4) is 0 Å². The van der Waals surface area contributed by atoms with E-state index >= 15 is 0 Å². The summed E-state index contributed by atoms with van der Waals surface area (Å²) in [5, 5.41) is 5.19. The maximum Gasteiger partial charge on any atom is 0.0551 e. The highest BCUT2D eigenvalue weighted by molar-refractivity contribution is 7.26. The first kappa shape index (κ1) is 26.0. The molecule has 3 aromatic carbocycles. The Labute approximate surface area is 213 Å². The molecule has 2 heterocycles. The highest BCUT2D eigenvalue weighted by Gasteiger charge is 2.19. The number of aromatic amines is 1. The monoisotopic (exact) mass is 477 g/mol. The third-order valence-corrected chi connectivity index (χ3v) is 7.13. The molecule has 0 atom stereocenters. The number of allylic oxidation sites excluding steroid dienone is 3. The maximum atomic E-state index is 4.13. The first-order valence-electron chi connectivity index (χ1n) is 12.2. The fraction of sp³-hybridized carbons (Fsp3) is 0.152. The van der Waals surface area contributed by atoms with Crippen LogP contribution in [0.15, 0.2) is 80.9 Å². The topological polar surface area (TPSA) is 15.8 Å².